The van der Waals surface area contributed by atoms with Gasteiger partial charge in [-0.05, 0) is 93.1 Å². The molecule has 0 radical (unpaired) electrons. The zero-order valence-electron chi connectivity index (χ0n) is 22.4. The number of amides is 1. The molecule has 9 heteroatoms. The lowest BCUT2D eigenvalue weighted by atomic mass is 10.1. The number of carbonyl (C=O) groups is 1. The van der Waals surface area contributed by atoms with E-state index < -0.39 is 0 Å². The van der Waals surface area contributed by atoms with Crippen molar-refractivity contribution in [3.8, 4) is 0 Å². The Hall–Kier alpha value is -3.85. The van der Waals surface area contributed by atoms with Crippen molar-refractivity contribution in [3.63, 3.8) is 0 Å². The number of nitrogens with zero attached hydrogens (tertiary/aromatic N) is 3. The number of likely N-dealkylation sites (tertiary alicyclic amines) is 1. The monoisotopic (exact) mass is 502 g/mol. The number of anilines is 2. The second-order valence-electron chi connectivity index (χ2n) is 9.57. The van der Waals surface area contributed by atoms with Crippen LogP contribution in [-0.4, -0.2) is 48.0 Å². The number of hydrogen-bond acceptors (Lipinski definition) is 6. The average Bonchev–Trinajstić information content (AvgIpc) is 3.32. The summed E-state index contributed by atoms with van der Waals surface area (Å²) in [5, 5.41) is 18.5. The van der Waals surface area contributed by atoms with Gasteiger partial charge in [0.15, 0.2) is 0 Å². The summed E-state index contributed by atoms with van der Waals surface area (Å²) in [6.45, 7) is 11.7. The van der Waals surface area contributed by atoms with Crippen molar-refractivity contribution in [2.45, 2.75) is 53.5 Å². The number of hydrogen-bond donors (Lipinski definition) is 5. The molecule has 1 atom stereocenters. The van der Waals surface area contributed by atoms with Gasteiger partial charge in [-0.2, -0.15) is 5.53 Å². The van der Waals surface area contributed by atoms with Gasteiger partial charge < -0.3 is 20.9 Å². The summed E-state index contributed by atoms with van der Waals surface area (Å²) in [5.74, 6) is 0.766. The molecular formula is C28H38N8O. The maximum Gasteiger partial charge on any atom is 0.253 e. The van der Waals surface area contributed by atoms with Crippen LogP contribution < -0.4 is 16.1 Å². The van der Waals surface area contributed by atoms with Crippen molar-refractivity contribution in [1.82, 2.24) is 10.2 Å². The quantitative estimate of drug-likeness (QED) is 0.125. The highest BCUT2D eigenvalue weighted by Crippen LogP contribution is 2.20. The number of nitrogens with one attached hydrogen (secondary N) is 5. The first kappa shape index (κ1) is 27.7. The van der Waals surface area contributed by atoms with Crippen molar-refractivity contribution in [1.29, 1.82) is 10.9 Å². The second-order valence-corrected chi connectivity index (χ2v) is 9.57. The van der Waals surface area contributed by atoms with E-state index in [2.05, 4.69) is 58.3 Å². The van der Waals surface area contributed by atoms with Gasteiger partial charge in [0.1, 0.15) is 5.84 Å². The number of aryl methyl sites for hydroxylation is 3. The molecule has 1 heterocycles. The molecule has 0 saturated carbocycles. The summed E-state index contributed by atoms with van der Waals surface area (Å²) in [6, 6.07) is 11.8. The molecule has 2 aromatic carbocycles. The molecule has 9 nitrogen and oxygen atoms in total. The van der Waals surface area contributed by atoms with Gasteiger partial charge in [-0.1, -0.05) is 18.2 Å². The molecule has 37 heavy (non-hydrogen) atoms. The Morgan fingerprint density at radius 1 is 1.16 bits per heavy atom. The first-order valence-corrected chi connectivity index (χ1v) is 12.6. The largest absolute Gasteiger partial charge is 0.344 e. The average molecular weight is 503 g/mol. The smallest absolute Gasteiger partial charge is 0.253 e. The van der Waals surface area contributed by atoms with Gasteiger partial charge >= 0.3 is 0 Å². The maximum absolute atomic E-state index is 13.0. The van der Waals surface area contributed by atoms with Crippen molar-refractivity contribution >= 4 is 28.8 Å². The van der Waals surface area contributed by atoms with Crippen LogP contribution in [0.5, 0.6) is 0 Å². The lowest BCUT2D eigenvalue weighted by molar-refractivity contribution is 0.0789. The highest BCUT2D eigenvalue weighted by atomic mass is 16.2. The van der Waals surface area contributed by atoms with E-state index in [9.17, 15) is 4.79 Å². The van der Waals surface area contributed by atoms with Crippen molar-refractivity contribution in [2.75, 3.05) is 30.4 Å². The number of rotatable bonds is 10. The van der Waals surface area contributed by atoms with E-state index in [0.29, 0.717) is 43.0 Å². The SMILES string of the molecule is CC/C(=C/N=C(\C)Nc1cc(C)cc(C)c1)C(=N)CNC1CCN(C(=O)c2ccc(NN=N)c(C)c2)C1. The Bertz CT molecular complexity index is 1200. The summed E-state index contributed by atoms with van der Waals surface area (Å²) in [6.07, 6.45) is 3.33. The van der Waals surface area contributed by atoms with Crippen LogP contribution in [0.15, 0.2) is 58.4 Å². The van der Waals surface area contributed by atoms with Gasteiger partial charge in [-0.3, -0.25) is 10.2 Å². The number of carbonyl (C=O) groups excluding carboxylic acids is 1. The van der Waals surface area contributed by atoms with Crippen LogP contribution in [0, 0.1) is 31.7 Å². The molecule has 0 spiro atoms. The Kier molecular flexibility index (Phi) is 9.68. The van der Waals surface area contributed by atoms with Crippen molar-refractivity contribution < 1.29 is 4.79 Å². The normalized spacial score (nSPS) is 16.0. The van der Waals surface area contributed by atoms with Gasteiger partial charge in [0.2, 0.25) is 0 Å². The van der Waals surface area contributed by atoms with Crippen LogP contribution in [-0.2, 0) is 0 Å². The Balaban J connectivity index is 1.52. The molecule has 2 aromatic rings. The third kappa shape index (κ3) is 7.82. The molecule has 1 saturated heterocycles. The fraction of sp³-hybridized carbons (Fsp3) is 0.393. The van der Waals surface area contributed by atoms with Gasteiger partial charge in [-0.25, -0.2) is 4.99 Å². The molecule has 1 amide bonds. The summed E-state index contributed by atoms with van der Waals surface area (Å²) < 4.78 is 0. The first-order valence-electron chi connectivity index (χ1n) is 12.6. The van der Waals surface area contributed by atoms with E-state index in [4.69, 9.17) is 10.9 Å². The van der Waals surface area contributed by atoms with Gasteiger partial charge in [0.25, 0.3) is 5.91 Å². The first-order chi connectivity index (χ1) is 17.7. The van der Waals surface area contributed by atoms with E-state index in [-0.39, 0.29) is 11.9 Å². The Labute approximate surface area is 219 Å². The highest BCUT2D eigenvalue weighted by molar-refractivity contribution is 6.00. The summed E-state index contributed by atoms with van der Waals surface area (Å²) in [7, 11) is 0. The molecule has 196 valence electrons. The van der Waals surface area contributed by atoms with E-state index >= 15 is 0 Å². The van der Waals surface area contributed by atoms with Crippen LogP contribution in [0.2, 0.25) is 0 Å². The molecule has 5 N–H and O–H groups in total. The predicted molar refractivity (Wildman–Crippen MR) is 151 cm³/mol. The van der Waals surface area contributed by atoms with E-state index in [1.165, 1.54) is 11.1 Å². The van der Waals surface area contributed by atoms with E-state index in [0.717, 1.165) is 29.1 Å². The summed E-state index contributed by atoms with van der Waals surface area (Å²) >= 11 is 0. The Morgan fingerprint density at radius 3 is 2.54 bits per heavy atom. The molecule has 1 unspecified atom stereocenters. The van der Waals surface area contributed by atoms with Crippen LogP contribution in [0.4, 0.5) is 11.4 Å². The Morgan fingerprint density at radius 2 is 1.89 bits per heavy atom. The maximum atomic E-state index is 13.0. The van der Waals surface area contributed by atoms with Gasteiger partial charge in [0, 0.05) is 48.8 Å². The molecule has 0 aliphatic carbocycles. The molecule has 0 bridgehead atoms. The van der Waals surface area contributed by atoms with Crippen molar-refractivity contribution in [2.24, 2.45) is 10.2 Å². The zero-order valence-corrected chi connectivity index (χ0v) is 22.4. The molecule has 1 aliphatic rings. The topological polar surface area (TPSA) is 129 Å². The summed E-state index contributed by atoms with van der Waals surface area (Å²) in [4.78, 5) is 19.4. The van der Waals surface area contributed by atoms with Crippen LogP contribution in [0.3, 0.4) is 0 Å². The number of aliphatic imine (C=N–C) groups is 1. The second kappa shape index (κ2) is 12.9. The minimum Gasteiger partial charge on any atom is -0.344 e. The summed E-state index contributed by atoms with van der Waals surface area (Å²) in [5.41, 5.74) is 16.5. The molecule has 0 aromatic heterocycles. The van der Waals surface area contributed by atoms with Crippen LogP contribution in [0.25, 0.3) is 0 Å². The fourth-order valence-electron chi connectivity index (χ4n) is 4.48. The molecule has 3 rings (SSSR count). The number of benzene rings is 2. The van der Waals surface area contributed by atoms with E-state index in [1.54, 1.807) is 18.3 Å². The van der Waals surface area contributed by atoms with Gasteiger partial charge in [0.05, 0.1) is 5.69 Å². The van der Waals surface area contributed by atoms with E-state index in [1.807, 2.05) is 31.7 Å². The molecular weight excluding hydrogens is 464 g/mol. The lowest BCUT2D eigenvalue weighted by Gasteiger charge is -2.18. The molecule has 1 aliphatic heterocycles. The third-order valence-corrected chi connectivity index (χ3v) is 6.42. The minimum atomic E-state index is -0.00732. The number of amidine groups is 1. The predicted octanol–water partition coefficient (Wildman–Crippen LogP) is 5.62. The van der Waals surface area contributed by atoms with Crippen LogP contribution >= 0.6 is 0 Å². The molecule has 1 fully saturated rings. The fourth-order valence-corrected chi connectivity index (χ4v) is 4.48. The minimum absolute atomic E-state index is 0.00732. The zero-order chi connectivity index (χ0) is 26.9. The van der Waals surface area contributed by atoms with Crippen LogP contribution in [0.1, 0.15) is 53.7 Å². The lowest BCUT2D eigenvalue weighted by Crippen LogP contribution is -2.37. The highest BCUT2D eigenvalue weighted by Gasteiger charge is 2.27. The third-order valence-electron chi connectivity index (χ3n) is 6.42. The van der Waals surface area contributed by atoms with Gasteiger partial charge in [-0.15, -0.1) is 0 Å². The van der Waals surface area contributed by atoms with Crippen molar-refractivity contribution in [3.05, 3.63) is 70.4 Å². The standard InChI is InChI=1S/C28H38N8O/c1-6-22(15-31-21(5)33-25-12-18(2)11-19(3)13-25)26(29)16-32-24-9-10-36(17-24)28(37)23-7-8-27(34-35-30)20(4)14-23/h7-8,11-15,24,29,32H,6,9-10,16-17H2,1-5H3,(H2,30,34)(H,31,33)/b22-15-,29-26?.